The third-order valence-electron chi connectivity index (χ3n) is 4.32. The van der Waals surface area contributed by atoms with Crippen LogP contribution < -0.4 is 10.1 Å². The Morgan fingerprint density at radius 2 is 1.85 bits per heavy atom. The second-order valence-corrected chi connectivity index (χ2v) is 7.55. The molecule has 3 rings (SSSR count). The summed E-state index contributed by atoms with van der Waals surface area (Å²) in [4.78, 5) is 28.5. The van der Waals surface area contributed by atoms with Crippen molar-refractivity contribution in [2.45, 2.75) is 6.18 Å². The van der Waals surface area contributed by atoms with Crippen LogP contribution in [0.15, 0.2) is 49.1 Å². The zero-order valence-electron chi connectivity index (χ0n) is 17.3. The Hall–Kier alpha value is -3.80. The van der Waals surface area contributed by atoms with Gasteiger partial charge in [0.2, 0.25) is 0 Å². The molecule has 2 aromatic carbocycles. The van der Waals surface area contributed by atoms with Crippen molar-refractivity contribution in [2.24, 2.45) is 0 Å². The molecule has 178 valence electrons. The van der Waals surface area contributed by atoms with Gasteiger partial charge in [0.15, 0.2) is 10.8 Å². The largest absolute Gasteiger partial charge is 0.489 e. The Kier molecular flexibility index (Phi) is 7.30. The van der Waals surface area contributed by atoms with E-state index in [0.717, 1.165) is 43.5 Å². The van der Waals surface area contributed by atoms with E-state index in [1.54, 1.807) is 0 Å². The molecule has 1 amide bonds. The van der Waals surface area contributed by atoms with Crippen LogP contribution in [-0.4, -0.2) is 30.6 Å². The molecule has 0 saturated heterocycles. The number of anilines is 1. The van der Waals surface area contributed by atoms with Crippen LogP contribution in [0.4, 0.5) is 27.1 Å². The molecule has 0 unspecified atom stereocenters. The molecule has 1 heterocycles. The number of alkyl halides is 3. The monoisotopic (exact) mass is 498 g/mol. The lowest BCUT2D eigenvalue weighted by Gasteiger charge is -2.13. The van der Waals surface area contributed by atoms with E-state index in [1.165, 1.54) is 6.08 Å². The van der Waals surface area contributed by atoms with Gasteiger partial charge < -0.3 is 9.47 Å². The minimum atomic E-state index is -4.71. The van der Waals surface area contributed by atoms with Gasteiger partial charge in [-0.2, -0.15) is 13.2 Å². The zero-order valence-corrected chi connectivity index (χ0v) is 18.2. The molecule has 0 bridgehead atoms. The van der Waals surface area contributed by atoms with Crippen LogP contribution in [-0.2, 0) is 10.9 Å². The van der Waals surface area contributed by atoms with Crippen molar-refractivity contribution in [1.82, 2.24) is 4.98 Å². The quantitative estimate of drug-likeness (QED) is 0.257. The molecule has 0 aliphatic carbocycles. The maximum atomic E-state index is 13.9. The molecule has 6 nitrogen and oxygen atoms in total. The number of carbonyl (C=O) groups excluding carboxylic acids is 2. The number of esters is 1. The molecule has 12 heteroatoms. The summed E-state index contributed by atoms with van der Waals surface area (Å²) in [5.41, 5.74) is -2.52. The summed E-state index contributed by atoms with van der Waals surface area (Å²) in [6.45, 7) is 3.42. The van der Waals surface area contributed by atoms with Gasteiger partial charge in [-0.3, -0.25) is 10.1 Å². The average Bonchev–Trinajstić information content (AvgIpc) is 3.19. The van der Waals surface area contributed by atoms with Crippen molar-refractivity contribution in [3.8, 4) is 16.2 Å². The van der Waals surface area contributed by atoms with Crippen molar-refractivity contribution >= 4 is 28.3 Å². The Morgan fingerprint density at radius 3 is 2.44 bits per heavy atom. The van der Waals surface area contributed by atoms with Crippen LogP contribution >= 0.6 is 11.3 Å². The highest BCUT2D eigenvalue weighted by Crippen LogP contribution is 2.42. The van der Waals surface area contributed by atoms with E-state index in [0.29, 0.717) is 11.3 Å². The molecule has 34 heavy (non-hydrogen) atoms. The number of thiazole rings is 1. The predicted octanol–water partition coefficient (Wildman–Crippen LogP) is 5.71. The summed E-state index contributed by atoms with van der Waals surface area (Å²) >= 11 is 0.596. The third kappa shape index (κ3) is 5.22. The summed E-state index contributed by atoms with van der Waals surface area (Å²) in [5.74, 6) is -4.53. The number of ether oxygens (including phenoxy) is 2. The van der Waals surface area contributed by atoms with Crippen molar-refractivity contribution in [3.05, 3.63) is 77.5 Å². The molecule has 0 fully saturated rings. The first-order valence-corrected chi connectivity index (χ1v) is 10.2. The van der Waals surface area contributed by atoms with Crippen LogP contribution in [0.5, 0.6) is 5.75 Å². The minimum Gasteiger partial charge on any atom is -0.489 e. The van der Waals surface area contributed by atoms with E-state index in [1.807, 2.05) is 0 Å². The number of halogens is 5. The van der Waals surface area contributed by atoms with E-state index >= 15 is 0 Å². The number of carbonyl (C=O) groups is 2. The molecular weight excluding hydrogens is 483 g/mol. The molecule has 0 spiro atoms. The summed E-state index contributed by atoms with van der Waals surface area (Å²) in [6, 6.07) is 5.42. The van der Waals surface area contributed by atoms with Crippen molar-refractivity contribution in [3.63, 3.8) is 0 Å². The minimum absolute atomic E-state index is 0.0280. The smallest absolute Gasteiger partial charge is 0.416 e. The lowest BCUT2D eigenvalue weighted by Crippen LogP contribution is -2.16. The number of hydrogen-bond acceptors (Lipinski definition) is 6. The molecule has 0 aliphatic heterocycles. The van der Waals surface area contributed by atoms with Crippen LogP contribution in [0, 0.1) is 11.6 Å². The summed E-state index contributed by atoms with van der Waals surface area (Å²) < 4.78 is 78.0. The molecular formula is C22H15F5N2O4S. The number of hydrogen-bond donors (Lipinski definition) is 1. The van der Waals surface area contributed by atoms with Gasteiger partial charge in [0.05, 0.1) is 17.6 Å². The van der Waals surface area contributed by atoms with E-state index in [-0.39, 0.29) is 27.9 Å². The van der Waals surface area contributed by atoms with Gasteiger partial charge in [-0.15, -0.1) is 0 Å². The Morgan fingerprint density at radius 1 is 1.18 bits per heavy atom. The molecule has 0 aliphatic rings. The number of nitrogens with zero attached hydrogens (tertiary/aromatic N) is 1. The highest BCUT2D eigenvalue weighted by Gasteiger charge is 2.33. The first-order valence-electron chi connectivity index (χ1n) is 9.36. The summed E-state index contributed by atoms with van der Waals surface area (Å²) in [6.07, 6.45) is -3.34. The SMILES string of the molecule is C=CCOc1ccc(C(F)(F)F)cc1-c1sc(NC(=O)c2c(F)cccc2F)nc1C(=O)OC. The van der Waals surface area contributed by atoms with E-state index in [2.05, 4.69) is 21.6 Å². The summed E-state index contributed by atoms with van der Waals surface area (Å²) in [5, 5.41) is 1.85. The number of methoxy groups -OCH3 is 1. The molecule has 0 radical (unpaired) electrons. The van der Waals surface area contributed by atoms with Crippen LogP contribution in [0.25, 0.3) is 10.4 Å². The Balaban J connectivity index is 2.12. The highest BCUT2D eigenvalue weighted by atomic mass is 32.1. The van der Waals surface area contributed by atoms with Crippen molar-refractivity contribution in [2.75, 3.05) is 19.0 Å². The lowest BCUT2D eigenvalue weighted by molar-refractivity contribution is -0.137. The van der Waals surface area contributed by atoms with Gasteiger partial charge in [0.25, 0.3) is 5.91 Å². The van der Waals surface area contributed by atoms with Gasteiger partial charge >= 0.3 is 12.1 Å². The van der Waals surface area contributed by atoms with Gasteiger partial charge in [0.1, 0.15) is 29.6 Å². The molecule has 0 saturated carbocycles. The van der Waals surface area contributed by atoms with Crippen molar-refractivity contribution in [1.29, 1.82) is 0 Å². The van der Waals surface area contributed by atoms with Crippen LogP contribution in [0.1, 0.15) is 26.4 Å². The van der Waals surface area contributed by atoms with E-state index in [4.69, 9.17) is 4.74 Å². The third-order valence-corrected chi connectivity index (χ3v) is 5.33. The van der Waals surface area contributed by atoms with E-state index < -0.39 is 46.5 Å². The number of nitrogens with one attached hydrogen (secondary N) is 1. The number of amides is 1. The molecule has 3 aromatic rings. The fourth-order valence-corrected chi connectivity index (χ4v) is 3.79. The first-order chi connectivity index (χ1) is 16.1. The standard InChI is InChI=1S/C22H15F5N2O4S/c1-3-9-33-15-8-7-11(22(25,26)27)10-12(15)18-17(20(31)32-2)28-21(34-18)29-19(30)16-13(23)5-4-6-14(16)24/h3-8,10H,1,9H2,2H3,(H,28,29,30). The average molecular weight is 498 g/mol. The van der Waals surface area contributed by atoms with Gasteiger partial charge in [0, 0.05) is 5.56 Å². The highest BCUT2D eigenvalue weighted by molar-refractivity contribution is 7.19. The van der Waals surface area contributed by atoms with E-state index in [9.17, 15) is 31.5 Å². The molecule has 1 N–H and O–H groups in total. The topological polar surface area (TPSA) is 77.5 Å². The number of aromatic nitrogens is 1. The van der Waals surface area contributed by atoms with Crippen LogP contribution in [0.3, 0.4) is 0 Å². The Bertz CT molecular complexity index is 1240. The maximum Gasteiger partial charge on any atom is 0.416 e. The van der Waals surface area contributed by atoms with Gasteiger partial charge in [-0.1, -0.05) is 30.1 Å². The fraction of sp³-hybridized carbons (Fsp3) is 0.136. The maximum absolute atomic E-state index is 13.9. The molecule has 1 aromatic heterocycles. The fourth-order valence-electron chi connectivity index (χ4n) is 2.82. The first kappa shape index (κ1) is 24.8. The van der Waals surface area contributed by atoms with Crippen LogP contribution in [0.2, 0.25) is 0 Å². The van der Waals surface area contributed by atoms with Gasteiger partial charge in [-0.25, -0.2) is 18.6 Å². The van der Waals surface area contributed by atoms with Crippen molar-refractivity contribution < 1.29 is 41.0 Å². The second kappa shape index (κ2) is 10.00. The predicted molar refractivity (Wildman–Crippen MR) is 114 cm³/mol. The number of benzene rings is 2. The Labute approximate surface area is 193 Å². The second-order valence-electron chi connectivity index (χ2n) is 6.55. The summed E-state index contributed by atoms with van der Waals surface area (Å²) in [7, 11) is 1.03. The lowest BCUT2D eigenvalue weighted by atomic mass is 10.1. The normalized spacial score (nSPS) is 11.1. The number of rotatable bonds is 7. The molecule has 0 atom stereocenters. The van der Waals surface area contributed by atoms with Gasteiger partial charge in [-0.05, 0) is 30.3 Å². The zero-order chi connectivity index (χ0) is 25.0.